The van der Waals surface area contributed by atoms with Gasteiger partial charge in [0.15, 0.2) is 0 Å². The third-order valence-electron chi connectivity index (χ3n) is 1.91. The van der Waals surface area contributed by atoms with Crippen molar-refractivity contribution in [2.24, 2.45) is 0 Å². The van der Waals surface area contributed by atoms with Gasteiger partial charge in [-0.15, -0.1) is 0 Å². The van der Waals surface area contributed by atoms with Crippen molar-refractivity contribution >= 4 is 18.1 Å². The highest BCUT2D eigenvalue weighted by Crippen LogP contribution is 1.99. The molecular weight excluding hydrogens is 220 g/mol. The molecule has 17 heavy (non-hydrogen) atoms. The van der Waals surface area contributed by atoms with E-state index < -0.39 is 12.0 Å². The summed E-state index contributed by atoms with van der Waals surface area (Å²) in [5.74, 6) is -0.493. The quantitative estimate of drug-likeness (QED) is 0.767. The van der Waals surface area contributed by atoms with Crippen LogP contribution in [-0.4, -0.2) is 25.7 Å². The van der Waals surface area contributed by atoms with E-state index in [4.69, 9.17) is 0 Å². The standard InChI is InChI=1S/C12H14N2O3/c1-17-11(15)9-14-12(16)13-8-7-10-5-3-2-4-6-10/h2-8H,9H2,1H3,(H2,13,14,16)/b8-7+. The summed E-state index contributed by atoms with van der Waals surface area (Å²) >= 11 is 0. The number of carbonyl (C=O) groups is 2. The van der Waals surface area contributed by atoms with Gasteiger partial charge in [0.1, 0.15) is 6.54 Å². The first-order valence-corrected chi connectivity index (χ1v) is 5.05. The number of nitrogens with one attached hydrogen (secondary N) is 2. The molecule has 0 aromatic heterocycles. The van der Waals surface area contributed by atoms with Gasteiger partial charge < -0.3 is 15.4 Å². The number of urea groups is 1. The van der Waals surface area contributed by atoms with E-state index in [1.54, 1.807) is 6.08 Å². The van der Waals surface area contributed by atoms with Crippen molar-refractivity contribution in [1.29, 1.82) is 0 Å². The molecule has 1 rings (SSSR count). The molecule has 2 N–H and O–H groups in total. The molecule has 0 atom stereocenters. The van der Waals surface area contributed by atoms with Gasteiger partial charge in [0.05, 0.1) is 7.11 Å². The lowest BCUT2D eigenvalue weighted by atomic mass is 10.2. The Balaban J connectivity index is 2.29. The van der Waals surface area contributed by atoms with E-state index in [-0.39, 0.29) is 6.54 Å². The maximum atomic E-state index is 11.2. The molecule has 0 aliphatic carbocycles. The van der Waals surface area contributed by atoms with Crippen LogP contribution in [0.3, 0.4) is 0 Å². The molecule has 0 fully saturated rings. The highest BCUT2D eigenvalue weighted by molar-refractivity contribution is 5.81. The van der Waals surface area contributed by atoms with Crippen LogP contribution in [0.1, 0.15) is 5.56 Å². The molecule has 0 spiro atoms. The summed E-state index contributed by atoms with van der Waals surface area (Å²) in [5.41, 5.74) is 0.973. The zero-order valence-electron chi connectivity index (χ0n) is 9.47. The number of ether oxygens (including phenoxy) is 1. The van der Waals surface area contributed by atoms with E-state index >= 15 is 0 Å². The predicted octanol–water partition coefficient (Wildman–Crippen LogP) is 1.13. The normalized spacial score (nSPS) is 9.94. The number of hydrogen-bond acceptors (Lipinski definition) is 3. The molecule has 1 aromatic carbocycles. The Hall–Kier alpha value is -2.30. The van der Waals surface area contributed by atoms with E-state index in [0.29, 0.717) is 0 Å². The molecular formula is C12H14N2O3. The fraction of sp³-hybridized carbons (Fsp3) is 0.167. The van der Waals surface area contributed by atoms with Gasteiger partial charge in [-0.1, -0.05) is 30.3 Å². The van der Waals surface area contributed by atoms with Crippen LogP contribution in [-0.2, 0) is 9.53 Å². The average Bonchev–Trinajstić information content (AvgIpc) is 2.37. The van der Waals surface area contributed by atoms with Crippen LogP contribution in [0.5, 0.6) is 0 Å². The lowest BCUT2D eigenvalue weighted by Gasteiger charge is -2.02. The van der Waals surface area contributed by atoms with Crippen molar-refractivity contribution in [3.8, 4) is 0 Å². The second-order valence-electron chi connectivity index (χ2n) is 3.15. The van der Waals surface area contributed by atoms with Crippen LogP contribution in [0.4, 0.5) is 4.79 Å². The van der Waals surface area contributed by atoms with Crippen molar-refractivity contribution in [3.63, 3.8) is 0 Å². The molecule has 0 saturated carbocycles. The van der Waals surface area contributed by atoms with Crippen molar-refractivity contribution < 1.29 is 14.3 Å². The van der Waals surface area contributed by atoms with Crippen molar-refractivity contribution in [3.05, 3.63) is 42.1 Å². The largest absolute Gasteiger partial charge is 0.468 e. The summed E-state index contributed by atoms with van der Waals surface area (Å²) in [5, 5.41) is 4.82. The van der Waals surface area contributed by atoms with Crippen LogP contribution < -0.4 is 10.6 Å². The van der Waals surface area contributed by atoms with Crippen molar-refractivity contribution in [2.75, 3.05) is 13.7 Å². The summed E-state index contributed by atoms with van der Waals surface area (Å²) < 4.78 is 4.37. The molecule has 0 aliphatic heterocycles. The molecule has 0 heterocycles. The van der Waals surface area contributed by atoms with E-state index in [1.165, 1.54) is 13.3 Å². The number of benzene rings is 1. The van der Waals surface area contributed by atoms with Gasteiger partial charge >= 0.3 is 12.0 Å². The third-order valence-corrected chi connectivity index (χ3v) is 1.91. The first kappa shape index (κ1) is 12.8. The SMILES string of the molecule is COC(=O)CNC(=O)N/C=C/c1ccccc1. The molecule has 0 radical (unpaired) electrons. The van der Waals surface area contributed by atoms with E-state index in [0.717, 1.165) is 5.56 Å². The maximum absolute atomic E-state index is 11.2. The molecule has 0 bridgehead atoms. The number of esters is 1. The van der Waals surface area contributed by atoms with E-state index in [9.17, 15) is 9.59 Å². The van der Waals surface area contributed by atoms with Crippen LogP contribution in [0.25, 0.3) is 6.08 Å². The summed E-state index contributed by atoms with van der Waals surface area (Å²) in [6.07, 6.45) is 3.25. The number of rotatable bonds is 4. The Bertz CT molecular complexity index is 401. The molecule has 1 aromatic rings. The van der Waals surface area contributed by atoms with Crippen LogP contribution in [0.2, 0.25) is 0 Å². The lowest BCUT2D eigenvalue weighted by molar-refractivity contribution is -0.139. The van der Waals surface area contributed by atoms with Crippen LogP contribution in [0.15, 0.2) is 36.5 Å². The minimum absolute atomic E-state index is 0.151. The van der Waals surface area contributed by atoms with E-state index in [2.05, 4.69) is 15.4 Å². The van der Waals surface area contributed by atoms with Crippen LogP contribution in [0, 0.1) is 0 Å². The Labute approximate surface area is 99.5 Å². The third kappa shape index (κ3) is 5.36. The average molecular weight is 234 g/mol. The molecule has 90 valence electrons. The highest BCUT2D eigenvalue weighted by Gasteiger charge is 2.01. The second-order valence-corrected chi connectivity index (χ2v) is 3.15. The fourth-order valence-electron chi connectivity index (χ4n) is 1.05. The molecule has 5 heteroatoms. The highest BCUT2D eigenvalue weighted by atomic mass is 16.5. The van der Waals surface area contributed by atoms with Gasteiger partial charge in [0, 0.05) is 6.20 Å². The topological polar surface area (TPSA) is 67.4 Å². The van der Waals surface area contributed by atoms with Crippen molar-refractivity contribution in [1.82, 2.24) is 10.6 Å². The Morgan fingerprint density at radius 3 is 2.65 bits per heavy atom. The Kier molecular flexibility index (Phi) is 5.30. The number of amides is 2. The van der Waals surface area contributed by atoms with Gasteiger partial charge in [0.25, 0.3) is 0 Å². The summed E-state index contributed by atoms with van der Waals surface area (Å²) in [4.78, 5) is 21.9. The number of carbonyl (C=O) groups excluding carboxylic acids is 2. The zero-order valence-corrected chi connectivity index (χ0v) is 9.47. The Morgan fingerprint density at radius 2 is 2.00 bits per heavy atom. The first-order chi connectivity index (χ1) is 8.22. The predicted molar refractivity (Wildman–Crippen MR) is 64.0 cm³/mol. The first-order valence-electron chi connectivity index (χ1n) is 5.05. The van der Waals surface area contributed by atoms with E-state index in [1.807, 2.05) is 30.3 Å². The molecule has 0 saturated heterocycles. The summed E-state index contributed by atoms with van der Waals surface area (Å²) in [7, 11) is 1.26. The van der Waals surface area contributed by atoms with Crippen molar-refractivity contribution in [2.45, 2.75) is 0 Å². The molecule has 0 aliphatic rings. The van der Waals surface area contributed by atoms with Gasteiger partial charge in [-0.2, -0.15) is 0 Å². The number of hydrogen-bond donors (Lipinski definition) is 2. The molecule has 0 unspecified atom stereocenters. The lowest BCUT2D eigenvalue weighted by Crippen LogP contribution is -2.36. The minimum atomic E-state index is -0.493. The maximum Gasteiger partial charge on any atom is 0.325 e. The molecule has 5 nitrogen and oxygen atoms in total. The zero-order chi connectivity index (χ0) is 12.5. The Morgan fingerprint density at radius 1 is 1.29 bits per heavy atom. The van der Waals surface area contributed by atoms with Gasteiger partial charge in [-0.25, -0.2) is 4.79 Å². The minimum Gasteiger partial charge on any atom is -0.468 e. The summed E-state index contributed by atoms with van der Waals surface area (Å²) in [6.45, 7) is -0.151. The summed E-state index contributed by atoms with van der Waals surface area (Å²) in [6, 6.07) is 9.07. The second kappa shape index (κ2) is 7.05. The fourth-order valence-corrected chi connectivity index (χ4v) is 1.05. The number of methoxy groups -OCH3 is 1. The molecule has 2 amide bonds. The van der Waals surface area contributed by atoms with Crippen LogP contribution >= 0.6 is 0 Å². The smallest absolute Gasteiger partial charge is 0.325 e. The van der Waals surface area contributed by atoms with Gasteiger partial charge in [-0.3, -0.25) is 4.79 Å². The van der Waals surface area contributed by atoms with Gasteiger partial charge in [0.2, 0.25) is 0 Å². The monoisotopic (exact) mass is 234 g/mol. The van der Waals surface area contributed by atoms with Gasteiger partial charge in [-0.05, 0) is 11.6 Å².